The second kappa shape index (κ2) is 20.9. The van der Waals surface area contributed by atoms with E-state index in [0.29, 0.717) is 24.9 Å². The van der Waals surface area contributed by atoms with Gasteiger partial charge in [-0.25, -0.2) is 4.79 Å². The predicted octanol–water partition coefficient (Wildman–Crippen LogP) is 6.58. The number of carboxylic acid groups (broad SMARTS) is 1. The van der Waals surface area contributed by atoms with Gasteiger partial charge in [0.2, 0.25) is 6.41 Å². The molecule has 0 saturated heterocycles. The summed E-state index contributed by atoms with van der Waals surface area (Å²) in [5, 5.41) is 17.8. The van der Waals surface area contributed by atoms with E-state index in [9.17, 15) is 19.5 Å². The minimum atomic E-state index is -1.01. The molecule has 2 aromatic rings. The molecule has 0 aromatic heterocycles. The van der Waals surface area contributed by atoms with Crippen LogP contribution in [0.1, 0.15) is 92.6 Å². The van der Waals surface area contributed by atoms with Gasteiger partial charge in [0.25, 0.3) is 5.91 Å². The third-order valence-corrected chi connectivity index (χ3v) is 8.75. The largest absolute Gasteiger partial charge is 0.480 e. The number of amides is 2. The summed E-state index contributed by atoms with van der Waals surface area (Å²) in [5.74, 6) is 1.98. The average molecular weight is 598 g/mol. The number of carboxylic acids is 1. The Bertz CT molecular complexity index is 1090. The average Bonchev–Trinajstić information content (AvgIpc) is 2.99. The van der Waals surface area contributed by atoms with Crippen molar-refractivity contribution in [1.82, 2.24) is 16.0 Å². The number of carbonyl (C=O) groups is 3. The number of nitrogens with one attached hydrogen (secondary N) is 3. The summed E-state index contributed by atoms with van der Waals surface area (Å²) in [6.45, 7) is 5.40. The number of hydrogen-bond donors (Lipinski definition) is 4. The van der Waals surface area contributed by atoms with Crippen molar-refractivity contribution in [3.8, 4) is 11.1 Å². The van der Waals surface area contributed by atoms with Crippen LogP contribution in [0.15, 0.2) is 42.5 Å². The number of thioether (sulfide) groups is 1. The van der Waals surface area contributed by atoms with Crippen LogP contribution in [0.2, 0.25) is 0 Å². The predicted molar refractivity (Wildman–Crippen MR) is 175 cm³/mol. The van der Waals surface area contributed by atoms with Crippen molar-refractivity contribution < 1.29 is 19.5 Å². The number of benzene rings is 2. The molecular weight excluding hydrogens is 546 g/mol. The molecule has 0 spiro atoms. The van der Waals surface area contributed by atoms with Gasteiger partial charge in [-0.1, -0.05) is 88.6 Å². The van der Waals surface area contributed by atoms with E-state index in [-0.39, 0.29) is 5.91 Å². The van der Waals surface area contributed by atoms with E-state index in [1.54, 1.807) is 6.07 Å². The smallest absolute Gasteiger partial charge is 0.326 e. The maximum absolute atomic E-state index is 12.8. The normalized spacial score (nSPS) is 13.9. The lowest BCUT2D eigenvalue weighted by Crippen LogP contribution is -2.40. The van der Waals surface area contributed by atoms with Gasteiger partial charge in [-0.15, -0.1) is 0 Å². The van der Waals surface area contributed by atoms with E-state index in [1.165, 1.54) is 57.1 Å². The van der Waals surface area contributed by atoms with Crippen LogP contribution in [0, 0.1) is 12.8 Å². The van der Waals surface area contributed by atoms with Crippen LogP contribution in [-0.4, -0.2) is 54.5 Å². The quantitative estimate of drug-likeness (QED) is 0.121. The lowest BCUT2D eigenvalue weighted by atomic mass is 9.86. The molecule has 1 aliphatic rings. The van der Waals surface area contributed by atoms with Gasteiger partial charge in [0.1, 0.15) is 6.04 Å². The van der Waals surface area contributed by atoms with E-state index in [4.69, 9.17) is 0 Å². The van der Waals surface area contributed by atoms with Gasteiger partial charge >= 0.3 is 5.97 Å². The highest BCUT2D eigenvalue weighted by atomic mass is 32.2. The summed E-state index contributed by atoms with van der Waals surface area (Å²) in [5.41, 5.74) is 4.39. The van der Waals surface area contributed by atoms with Crippen molar-refractivity contribution in [2.75, 3.05) is 25.1 Å². The minimum Gasteiger partial charge on any atom is -0.480 e. The lowest BCUT2D eigenvalue weighted by molar-refractivity contribution is -0.139. The molecule has 1 aliphatic carbocycles. The zero-order chi connectivity index (χ0) is 30.6. The highest BCUT2D eigenvalue weighted by Crippen LogP contribution is 2.29. The molecule has 1 atom stereocenters. The Morgan fingerprint density at radius 3 is 2.48 bits per heavy atom. The summed E-state index contributed by atoms with van der Waals surface area (Å²) < 4.78 is 0. The highest BCUT2D eigenvalue weighted by molar-refractivity contribution is 7.99. The molecule has 0 heterocycles. The van der Waals surface area contributed by atoms with Gasteiger partial charge in [-0.05, 0) is 72.9 Å². The fourth-order valence-electron chi connectivity index (χ4n) is 5.39. The van der Waals surface area contributed by atoms with Crippen molar-refractivity contribution in [2.45, 2.75) is 90.6 Å². The van der Waals surface area contributed by atoms with Crippen LogP contribution in [0.5, 0.6) is 0 Å². The molecule has 8 heteroatoms. The molecule has 4 N–H and O–H groups in total. The van der Waals surface area contributed by atoms with Crippen LogP contribution in [0.25, 0.3) is 11.1 Å². The first-order valence-electron chi connectivity index (χ1n) is 15.5. The van der Waals surface area contributed by atoms with Crippen LogP contribution < -0.4 is 16.0 Å². The molecule has 2 amide bonds. The van der Waals surface area contributed by atoms with Gasteiger partial charge in [0.05, 0.1) is 0 Å². The Hall–Kier alpha value is -2.84. The summed E-state index contributed by atoms with van der Waals surface area (Å²) in [6.07, 6.45) is 13.4. The summed E-state index contributed by atoms with van der Waals surface area (Å²) in [6, 6.07) is 12.6. The van der Waals surface area contributed by atoms with Gasteiger partial charge in [-0.3, -0.25) is 9.59 Å². The molecule has 0 aliphatic heterocycles. The molecule has 7 nitrogen and oxygen atoms in total. The van der Waals surface area contributed by atoms with Gasteiger partial charge in [0, 0.05) is 24.4 Å². The number of aryl methyl sites for hydroxylation is 1. The Labute approximate surface area is 257 Å². The summed E-state index contributed by atoms with van der Waals surface area (Å²) >= 11 is 1.96. The van der Waals surface area contributed by atoms with Crippen LogP contribution in [0.4, 0.5) is 0 Å². The summed E-state index contributed by atoms with van der Waals surface area (Å²) in [7, 11) is 1.87. The standard InChI is InChI=1S/C21H26N2O3.C13H25NOS/c1-4-7-19(21(25)26)23-20(24)17-11-10-15(13-22-3)12-18(17)16-9-6-5-8-14(16)2;15-12-14-9-11-16-10-5-4-8-13-6-2-1-3-7-13/h5-6,8-12,19,22H,4,7,13H2,1-3H3,(H,23,24)(H,25,26);12-13H,1-11H2,(H,14,15). The minimum absolute atomic E-state index is 0.361. The number of hydrogen-bond acceptors (Lipinski definition) is 5. The zero-order valence-electron chi connectivity index (χ0n) is 25.8. The van der Waals surface area contributed by atoms with Gasteiger partial charge in [-0.2, -0.15) is 11.8 Å². The number of aliphatic carboxylic acids is 1. The van der Waals surface area contributed by atoms with Crippen molar-refractivity contribution in [3.63, 3.8) is 0 Å². The topological polar surface area (TPSA) is 108 Å². The van der Waals surface area contributed by atoms with Crippen LogP contribution >= 0.6 is 11.8 Å². The molecule has 232 valence electrons. The third-order valence-electron chi connectivity index (χ3n) is 7.68. The first-order valence-corrected chi connectivity index (χ1v) is 16.7. The van der Waals surface area contributed by atoms with Crippen LogP contribution in [0.3, 0.4) is 0 Å². The third kappa shape index (κ3) is 13.0. The first-order chi connectivity index (χ1) is 20.4. The van der Waals surface area contributed by atoms with E-state index in [1.807, 2.05) is 69.1 Å². The second-order valence-corrected chi connectivity index (χ2v) is 12.3. The summed E-state index contributed by atoms with van der Waals surface area (Å²) in [4.78, 5) is 34.2. The van der Waals surface area contributed by atoms with Crippen molar-refractivity contribution in [2.24, 2.45) is 5.92 Å². The Morgan fingerprint density at radius 2 is 1.81 bits per heavy atom. The first kappa shape index (κ1) is 35.4. The van der Waals surface area contributed by atoms with Crippen molar-refractivity contribution in [3.05, 3.63) is 59.2 Å². The molecule has 3 rings (SSSR count). The van der Waals surface area contributed by atoms with E-state index < -0.39 is 12.0 Å². The SMILES string of the molecule is CCCC(NC(=O)c1ccc(CNC)cc1-c1ccccc1C)C(=O)O.O=CNCCSCCCCC1CCCCC1. The van der Waals surface area contributed by atoms with E-state index >= 15 is 0 Å². The lowest BCUT2D eigenvalue weighted by Gasteiger charge is -2.21. The molecule has 1 saturated carbocycles. The molecule has 1 fully saturated rings. The molecule has 0 bridgehead atoms. The van der Waals surface area contributed by atoms with E-state index in [0.717, 1.165) is 46.9 Å². The molecule has 2 aromatic carbocycles. The Morgan fingerprint density at radius 1 is 1.05 bits per heavy atom. The zero-order valence-corrected chi connectivity index (χ0v) is 26.6. The van der Waals surface area contributed by atoms with Gasteiger partial charge in [0.15, 0.2) is 0 Å². The second-order valence-electron chi connectivity index (χ2n) is 11.1. The maximum atomic E-state index is 12.8. The number of carbonyl (C=O) groups excluding carboxylic acids is 2. The Kier molecular flexibility index (Phi) is 17.6. The molecule has 1 unspecified atom stereocenters. The van der Waals surface area contributed by atoms with Gasteiger partial charge < -0.3 is 21.1 Å². The molecule has 0 radical (unpaired) electrons. The number of unbranched alkanes of at least 4 members (excludes halogenated alkanes) is 1. The molecular formula is C34H51N3O4S. The Balaban J connectivity index is 0.000000330. The highest BCUT2D eigenvalue weighted by Gasteiger charge is 2.22. The fourth-order valence-corrected chi connectivity index (χ4v) is 6.26. The van der Waals surface area contributed by atoms with Crippen molar-refractivity contribution >= 4 is 30.0 Å². The fraction of sp³-hybridized carbons (Fsp3) is 0.559. The van der Waals surface area contributed by atoms with Crippen LogP contribution in [-0.2, 0) is 16.1 Å². The molecule has 42 heavy (non-hydrogen) atoms. The monoisotopic (exact) mass is 597 g/mol. The van der Waals surface area contributed by atoms with E-state index in [2.05, 4.69) is 16.0 Å². The van der Waals surface area contributed by atoms with Crippen molar-refractivity contribution in [1.29, 1.82) is 0 Å². The maximum Gasteiger partial charge on any atom is 0.326 e. The number of rotatable bonds is 17.